The normalized spacial score (nSPS) is 16.5. The van der Waals surface area contributed by atoms with Crippen molar-refractivity contribution in [3.05, 3.63) is 82.6 Å². The molecule has 0 unspecified atom stereocenters. The molecule has 1 atom stereocenters. The summed E-state index contributed by atoms with van der Waals surface area (Å²) in [5.41, 5.74) is 2.41. The Balaban J connectivity index is 1.41. The molecule has 230 valence electrons. The van der Waals surface area contributed by atoms with Crippen molar-refractivity contribution >= 4 is 29.1 Å². The van der Waals surface area contributed by atoms with Gasteiger partial charge in [-0.2, -0.15) is 0 Å². The second kappa shape index (κ2) is 14.6. The molecule has 0 saturated carbocycles. The molecule has 0 saturated heterocycles. The van der Waals surface area contributed by atoms with Gasteiger partial charge in [-0.25, -0.2) is 9.97 Å². The van der Waals surface area contributed by atoms with Crippen LogP contribution in [-0.2, 0) is 33.8 Å². The summed E-state index contributed by atoms with van der Waals surface area (Å²) in [4.78, 5) is 50.6. The number of rotatable bonds is 5. The zero-order valence-corrected chi connectivity index (χ0v) is 25.6. The molecule has 12 heteroatoms. The summed E-state index contributed by atoms with van der Waals surface area (Å²) in [5, 5.41) is 8.57. The van der Waals surface area contributed by atoms with Gasteiger partial charge in [0.25, 0.3) is 0 Å². The number of aryl methyl sites for hydroxylation is 1. The lowest BCUT2D eigenvalue weighted by atomic mass is 10.1. The number of amides is 3. The number of thiazole rings is 1. The van der Waals surface area contributed by atoms with Gasteiger partial charge in [0.1, 0.15) is 11.9 Å². The van der Waals surface area contributed by atoms with Crippen molar-refractivity contribution in [1.82, 2.24) is 30.1 Å². The smallest absolute Gasteiger partial charge is 0.242 e. The van der Waals surface area contributed by atoms with Crippen LogP contribution in [0.25, 0.3) is 11.4 Å². The van der Waals surface area contributed by atoms with Crippen molar-refractivity contribution < 1.29 is 23.9 Å². The topological polar surface area (TPSA) is 128 Å². The third kappa shape index (κ3) is 8.01. The van der Waals surface area contributed by atoms with Crippen LogP contribution in [0.1, 0.15) is 22.7 Å². The van der Waals surface area contributed by atoms with Crippen molar-refractivity contribution in [1.29, 1.82) is 0 Å². The molecule has 2 aromatic carbocycles. The second-order valence-corrected chi connectivity index (χ2v) is 11.5. The molecule has 44 heavy (non-hydrogen) atoms. The average molecular weight is 617 g/mol. The summed E-state index contributed by atoms with van der Waals surface area (Å²) in [6.07, 6.45) is 4.41. The highest BCUT2D eigenvalue weighted by Crippen LogP contribution is 2.32. The van der Waals surface area contributed by atoms with E-state index in [1.165, 1.54) is 16.2 Å². The predicted molar refractivity (Wildman–Crippen MR) is 167 cm³/mol. The predicted octanol–water partition coefficient (Wildman–Crippen LogP) is 3.02. The molecule has 2 N–H and O–H groups in total. The van der Waals surface area contributed by atoms with Crippen LogP contribution in [-0.4, -0.2) is 76.5 Å². The molecule has 2 aromatic heterocycles. The highest BCUT2D eigenvalue weighted by Gasteiger charge is 2.25. The molecule has 3 heterocycles. The molecule has 1 aliphatic heterocycles. The third-order valence-corrected chi connectivity index (χ3v) is 8.06. The number of hydrogen-bond acceptors (Lipinski definition) is 8. The van der Waals surface area contributed by atoms with Crippen molar-refractivity contribution in [3.63, 3.8) is 0 Å². The summed E-state index contributed by atoms with van der Waals surface area (Å²) >= 11 is 1.47. The number of nitrogens with zero attached hydrogens (tertiary/aromatic N) is 4. The molecule has 0 spiro atoms. The minimum Gasteiger partial charge on any atom is -0.493 e. The third-order valence-electron chi connectivity index (χ3n) is 7.24. The molecule has 11 nitrogen and oxygen atoms in total. The number of carbonyl (C=O) groups excluding carboxylic acids is 3. The summed E-state index contributed by atoms with van der Waals surface area (Å²) in [5.74, 6) is 0.889. The molecule has 0 radical (unpaired) electrons. The second-order valence-electron chi connectivity index (χ2n) is 10.5. The Morgan fingerprint density at radius 2 is 2.00 bits per heavy atom. The van der Waals surface area contributed by atoms with Crippen LogP contribution in [0, 0.1) is 6.92 Å². The number of methoxy groups -OCH3 is 1. The van der Waals surface area contributed by atoms with Crippen LogP contribution in [0.5, 0.6) is 11.5 Å². The van der Waals surface area contributed by atoms with Crippen LogP contribution in [0.3, 0.4) is 0 Å². The Bertz CT molecular complexity index is 1590. The van der Waals surface area contributed by atoms with Crippen LogP contribution < -0.4 is 20.1 Å². The van der Waals surface area contributed by atoms with E-state index >= 15 is 0 Å². The molecule has 2 bridgehead atoms. The van der Waals surface area contributed by atoms with Gasteiger partial charge >= 0.3 is 0 Å². The van der Waals surface area contributed by atoms with E-state index in [1.54, 1.807) is 13.3 Å². The number of nitrogens with one attached hydrogen (secondary N) is 2. The SMILES string of the molecule is COc1ccc2cc1OCCCN(C(=O)Cc1csc(C)n1)CC(=O)N[C@@H](Cc1ccccc1)C(=O)NCCn1ccnc1-2. The molecule has 0 aliphatic carbocycles. The van der Waals surface area contributed by atoms with Crippen molar-refractivity contribution in [2.45, 2.75) is 38.8 Å². The Morgan fingerprint density at radius 1 is 1.16 bits per heavy atom. The van der Waals surface area contributed by atoms with Crippen molar-refractivity contribution in [2.24, 2.45) is 0 Å². The first-order chi connectivity index (χ1) is 21.4. The van der Waals surface area contributed by atoms with Crippen LogP contribution in [0.4, 0.5) is 0 Å². The maximum Gasteiger partial charge on any atom is 0.242 e. The maximum absolute atomic E-state index is 13.4. The number of benzene rings is 2. The van der Waals surface area contributed by atoms with Gasteiger partial charge in [-0.3, -0.25) is 14.4 Å². The van der Waals surface area contributed by atoms with Crippen LogP contribution in [0.2, 0.25) is 0 Å². The lowest BCUT2D eigenvalue weighted by molar-refractivity contribution is -0.136. The Hall–Kier alpha value is -4.71. The van der Waals surface area contributed by atoms with E-state index in [0.717, 1.165) is 22.0 Å². The number of ether oxygens (including phenoxy) is 2. The zero-order chi connectivity index (χ0) is 30.9. The molecule has 1 aliphatic rings. The number of fused-ring (bicyclic) bond motifs is 4. The Morgan fingerprint density at radius 3 is 2.77 bits per heavy atom. The van der Waals surface area contributed by atoms with E-state index in [2.05, 4.69) is 20.6 Å². The number of carbonyl (C=O) groups is 3. The molecule has 5 rings (SSSR count). The fourth-order valence-electron chi connectivity index (χ4n) is 5.06. The zero-order valence-electron chi connectivity index (χ0n) is 24.8. The minimum atomic E-state index is -0.823. The van der Waals surface area contributed by atoms with E-state index in [4.69, 9.17) is 9.47 Å². The first-order valence-corrected chi connectivity index (χ1v) is 15.4. The number of aromatic nitrogens is 3. The van der Waals surface area contributed by atoms with Gasteiger partial charge in [0, 0.05) is 49.4 Å². The lowest BCUT2D eigenvalue weighted by Crippen LogP contribution is -2.51. The van der Waals surface area contributed by atoms with Gasteiger partial charge in [-0.1, -0.05) is 30.3 Å². The minimum absolute atomic E-state index is 0.0783. The van der Waals surface area contributed by atoms with Gasteiger partial charge in [0.05, 0.1) is 37.4 Å². The molecule has 4 aromatic rings. The van der Waals surface area contributed by atoms with Crippen molar-refractivity contribution in [3.8, 4) is 22.9 Å². The van der Waals surface area contributed by atoms with Gasteiger partial charge in [0.2, 0.25) is 17.7 Å². The first-order valence-electron chi connectivity index (χ1n) is 14.5. The average Bonchev–Trinajstić information content (AvgIpc) is 3.66. The number of imidazole rings is 1. The maximum atomic E-state index is 13.4. The van der Waals surface area contributed by atoms with Crippen molar-refractivity contribution in [2.75, 3.05) is 33.4 Å². The van der Waals surface area contributed by atoms with Gasteiger partial charge in [-0.05, 0) is 37.1 Å². The Labute approximate surface area is 260 Å². The van der Waals surface area contributed by atoms with Gasteiger partial charge in [-0.15, -0.1) is 11.3 Å². The van der Waals surface area contributed by atoms with Gasteiger partial charge < -0.3 is 29.6 Å². The summed E-state index contributed by atoms with van der Waals surface area (Å²) in [7, 11) is 1.58. The number of hydrogen-bond donors (Lipinski definition) is 2. The summed E-state index contributed by atoms with van der Waals surface area (Å²) in [6, 6.07) is 14.3. The highest BCUT2D eigenvalue weighted by molar-refractivity contribution is 7.09. The monoisotopic (exact) mass is 616 g/mol. The molecule has 3 amide bonds. The van der Waals surface area contributed by atoms with Crippen LogP contribution in [0.15, 0.2) is 66.3 Å². The van der Waals surface area contributed by atoms with E-state index in [-0.39, 0.29) is 37.9 Å². The summed E-state index contributed by atoms with van der Waals surface area (Å²) in [6.45, 7) is 3.03. The fraction of sp³-hybridized carbons (Fsp3) is 0.344. The first kappa shape index (κ1) is 30.7. The molecular weight excluding hydrogens is 580 g/mol. The van der Waals surface area contributed by atoms with Crippen LogP contribution >= 0.6 is 11.3 Å². The summed E-state index contributed by atoms with van der Waals surface area (Å²) < 4.78 is 13.6. The van der Waals surface area contributed by atoms with E-state index in [1.807, 2.05) is 71.6 Å². The van der Waals surface area contributed by atoms with E-state index in [9.17, 15) is 14.4 Å². The fourth-order valence-corrected chi connectivity index (χ4v) is 5.67. The Kier molecular flexibility index (Phi) is 10.2. The standard InChI is InChI=1S/C32H36N6O5S/c1-22-35-25(21-44-22)19-30(40)38-13-6-16-43-28-18-24(9-10-27(28)42-2)31-33-11-14-37(31)15-12-34-32(41)26(36-29(39)20-38)17-23-7-4-3-5-8-23/h3-5,7-11,14,18,21,26H,6,12-13,15-17,19-20H2,1-2H3,(H,34,41)(H,36,39)/t26-/m0/s1. The molecular formula is C32H36N6O5S. The van der Waals surface area contributed by atoms with E-state index in [0.29, 0.717) is 43.1 Å². The highest BCUT2D eigenvalue weighted by atomic mass is 32.1. The lowest BCUT2D eigenvalue weighted by Gasteiger charge is -2.25. The molecule has 0 fully saturated rings. The van der Waals surface area contributed by atoms with Gasteiger partial charge in [0.15, 0.2) is 11.5 Å². The van der Waals surface area contributed by atoms with E-state index < -0.39 is 11.9 Å². The largest absolute Gasteiger partial charge is 0.493 e. The quantitative estimate of drug-likeness (QED) is 0.353.